The minimum atomic E-state index is -5.30. The molecule has 0 aliphatic carbocycles. The van der Waals surface area contributed by atoms with E-state index in [0.717, 1.165) is 0 Å². The zero-order valence-electron chi connectivity index (χ0n) is 11.1. The minimum Gasteiger partial charge on any atom is -0.268 e. The van der Waals surface area contributed by atoms with Crippen LogP contribution in [0.3, 0.4) is 0 Å². The maximum absolute atomic E-state index is 14.1. The number of carbonyl (C=O) groups is 2. The van der Waals surface area contributed by atoms with Crippen LogP contribution in [0.25, 0.3) is 0 Å². The number of fused-ring (bicyclic) bond motifs is 1. The predicted octanol–water partition coefficient (Wildman–Crippen LogP) is 3.78. The second kappa shape index (κ2) is 4.87. The fourth-order valence-electron chi connectivity index (χ4n) is 2.38. The van der Waals surface area contributed by atoms with Crippen LogP contribution in [0.2, 0.25) is 0 Å². The standard InChI is InChI=1S/C15H6F5NO2/c16-9-5-6-10(12(17)11(9)15(18,19)20)21-13(22)7-3-1-2-4-8(7)14(21)23/h1-6H. The van der Waals surface area contributed by atoms with Crippen LogP contribution in [0.4, 0.5) is 27.6 Å². The molecule has 0 spiro atoms. The number of alkyl halides is 3. The first-order valence-electron chi connectivity index (χ1n) is 6.26. The molecule has 3 rings (SSSR count). The van der Waals surface area contributed by atoms with Crippen LogP contribution in [0, 0.1) is 11.6 Å². The van der Waals surface area contributed by atoms with Gasteiger partial charge in [-0.3, -0.25) is 9.59 Å². The second-order valence-corrected chi connectivity index (χ2v) is 4.74. The van der Waals surface area contributed by atoms with E-state index >= 15 is 0 Å². The normalized spacial score (nSPS) is 14.4. The van der Waals surface area contributed by atoms with Gasteiger partial charge in [-0.2, -0.15) is 13.2 Å². The SMILES string of the molecule is O=C1c2ccccc2C(=O)N1c1ccc(F)c(C(F)(F)F)c1F. The average molecular weight is 327 g/mol. The van der Waals surface area contributed by atoms with Crippen molar-refractivity contribution in [1.82, 2.24) is 0 Å². The van der Waals surface area contributed by atoms with E-state index in [1.807, 2.05) is 0 Å². The van der Waals surface area contributed by atoms with Crippen molar-refractivity contribution in [3.63, 3.8) is 0 Å². The van der Waals surface area contributed by atoms with Gasteiger partial charge in [-0.1, -0.05) is 12.1 Å². The highest BCUT2D eigenvalue weighted by Crippen LogP contribution is 2.39. The first-order chi connectivity index (χ1) is 10.7. The van der Waals surface area contributed by atoms with E-state index in [1.54, 1.807) is 0 Å². The Morgan fingerprint density at radius 2 is 1.35 bits per heavy atom. The zero-order chi connectivity index (χ0) is 16.9. The summed E-state index contributed by atoms with van der Waals surface area (Å²) in [7, 11) is 0. The molecule has 0 atom stereocenters. The number of rotatable bonds is 1. The Bertz CT molecular complexity index is 809. The van der Waals surface area contributed by atoms with E-state index in [9.17, 15) is 31.5 Å². The van der Waals surface area contributed by atoms with Crippen molar-refractivity contribution >= 4 is 17.5 Å². The Labute approximate surface area is 125 Å². The van der Waals surface area contributed by atoms with Gasteiger partial charge in [0.15, 0.2) is 5.82 Å². The van der Waals surface area contributed by atoms with Crippen LogP contribution >= 0.6 is 0 Å². The lowest BCUT2D eigenvalue weighted by molar-refractivity contribution is -0.142. The molecular formula is C15H6F5NO2. The average Bonchev–Trinajstić information content (AvgIpc) is 2.71. The van der Waals surface area contributed by atoms with Gasteiger partial charge in [0, 0.05) is 0 Å². The van der Waals surface area contributed by atoms with E-state index in [2.05, 4.69) is 0 Å². The van der Waals surface area contributed by atoms with Crippen LogP contribution in [0.5, 0.6) is 0 Å². The smallest absolute Gasteiger partial charge is 0.268 e. The molecule has 1 heterocycles. The number of carbonyl (C=O) groups excluding carboxylic acids is 2. The number of hydrogen-bond acceptors (Lipinski definition) is 2. The summed E-state index contributed by atoms with van der Waals surface area (Å²) < 4.78 is 65.8. The Morgan fingerprint density at radius 1 is 0.826 bits per heavy atom. The monoisotopic (exact) mass is 327 g/mol. The molecule has 0 N–H and O–H groups in total. The van der Waals surface area contributed by atoms with Crippen molar-refractivity contribution in [1.29, 1.82) is 0 Å². The summed E-state index contributed by atoms with van der Waals surface area (Å²) in [5.74, 6) is -5.77. The number of anilines is 1. The summed E-state index contributed by atoms with van der Waals surface area (Å²) in [5.41, 5.74) is -3.21. The molecular weight excluding hydrogens is 321 g/mol. The molecule has 0 saturated heterocycles. The molecule has 1 aliphatic rings. The van der Waals surface area contributed by atoms with E-state index in [-0.39, 0.29) is 16.0 Å². The van der Waals surface area contributed by atoms with Gasteiger partial charge in [0.1, 0.15) is 11.4 Å². The third kappa shape index (κ3) is 2.18. The lowest BCUT2D eigenvalue weighted by atomic mass is 10.1. The molecule has 0 unspecified atom stereocenters. The molecule has 1 aliphatic heterocycles. The molecule has 3 nitrogen and oxygen atoms in total. The molecule has 0 fully saturated rings. The quantitative estimate of drug-likeness (QED) is 0.590. The van der Waals surface area contributed by atoms with Crippen molar-refractivity contribution < 1.29 is 31.5 Å². The van der Waals surface area contributed by atoms with Gasteiger partial charge in [0.2, 0.25) is 0 Å². The van der Waals surface area contributed by atoms with Crippen molar-refractivity contribution in [2.45, 2.75) is 6.18 Å². The Hall–Kier alpha value is -2.77. The molecule has 0 aromatic heterocycles. The Balaban J connectivity index is 2.19. The second-order valence-electron chi connectivity index (χ2n) is 4.74. The van der Waals surface area contributed by atoms with Crippen LogP contribution in [0.1, 0.15) is 26.3 Å². The molecule has 2 aromatic rings. The summed E-state index contributed by atoms with van der Waals surface area (Å²) in [6, 6.07) is 6.49. The fourth-order valence-corrected chi connectivity index (χ4v) is 2.38. The van der Waals surface area contributed by atoms with Gasteiger partial charge < -0.3 is 0 Å². The van der Waals surface area contributed by atoms with Gasteiger partial charge in [0.25, 0.3) is 11.8 Å². The highest BCUT2D eigenvalue weighted by atomic mass is 19.4. The van der Waals surface area contributed by atoms with Crippen molar-refractivity contribution in [3.8, 4) is 0 Å². The molecule has 118 valence electrons. The van der Waals surface area contributed by atoms with Gasteiger partial charge in [-0.05, 0) is 24.3 Å². The summed E-state index contributed by atoms with van der Waals surface area (Å²) in [5, 5.41) is 0. The molecule has 23 heavy (non-hydrogen) atoms. The van der Waals surface area contributed by atoms with E-state index in [0.29, 0.717) is 12.1 Å². The maximum atomic E-state index is 14.1. The highest BCUT2D eigenvalue weighted by molar-refractivity contribution is 6.34. The van der Waals surface area contributed by atoms with E-state index < -0.39 is 40.9 Å². The number of amides is 2. The number of hydrogen-bond donors (Lipinski definition) is 0. The summed E-state index contributed by atoms with van der Waals surface area (Å²) in [6.07, 6.45) is -5.30. The molecule has 0 saturated carbocycles. The molecule has 8 heteroatoms. The summed E-state index contributed by atoms with van der Waals surface area (Å²) in [6.45, 7) is 0. The van der Waals surface area contributed by atoms with Gasteiger partial charge in [-0.25, -0.2) is 13.7 Å². The summed E-state index contributed by atoms with van der Waals surface area (Å²) >= 11 is 0. The zero-order valence-corrected chi connectivity index (χ0v) is 11.1. The van der Waals surface area contributed by atoms with Crippen LogP contribution in [0.15, 0.2) is 36.4 Å². The van der Waals surface area contributed by atoms with Crippen molar-refractivity contribution in [2.75, 3.05) is 4.90 Å². The first-order valence-corrected chi connectivity index (χ1v) is 6.26. The first kappa shape index (κ1) is 15.1. The van der Waals surface area contributed by atoms with Crippen molar-refractivity contribution in [3.05, 3.63) is 64.7 Å². The van der Waals surface area contributed by atoms with Crippen LogP contribution in [-0.4, -0.2) is 11.8 Å². The van der Waals surface area contributed by atoms with Gasteiger partial charge >= 0.3 is 6.18 Å². The maximum Gasteiger partial charge on any atom is 0.422 e. The molecule has 0 bridgehead atoms. The molecule has 2 aromatic carbocycles. The van der Waals surface area contributed by atoms with Gasteiger partial charge in [0.05, 0.1) is 16.8 Å². The van der Waals surface area contributed by atoms with E-state index in [4.69, 9.17) is 0 Å². The number of imide groups is 1. The van der Waals surface area contributed by atoms with Crippen LogP contribution < -0.4 is 4.90 Å². The third-order valence-corrected chi connectivity index (χ3v) is 3.39. The van der Waals surface area contributed by atoms with Crippen molar-refractivity contribution in [2.24, 2.45) is 0 Å². The largest absolute Gasteiger partial charge is 0.422 e. The van der Waals surface area contributed by atoms with Gasteiger partial charge in [-0.15, -0.1) is 0 Å². The Kier molecular flexibility index (Phi) is 3.20. The van der Waals surface area contributed by atoms with Crippen LogP contribution in [-0.2, 0) is 6.18 Å². The lowest BCUT2D eigenvalue weighted by Crippen LogP contribution is -2.31. The fraction of sp³-hybridized carbons (Fsp3) is 0.0667. The molecule has 0 radical (unpaired) electrons. The summed E-state index contributed by atoms with van der Waals surface area (Å²) in [4.78, 5) is 24.6. The minimum absolute atomic E-state index is 0.0604. The third-order valence-electron chi connectivity index (χ3n) is 3.39. The number of benzene rings is 2. The highest BCUT2D eigenvalue weighted by Gasteiger charge is 2.43. The lowest BCUT2D eigenvalue weighted by Gasteiger charge is -2.18. The topological polar surface area (TPSA) is 37.4 Å². The number of halogens is 5. The Morgan fingerprint density at radius 3 is 1.83 bits per heavy atom. The van der Waals surface area contributed by atoms with E-state index in [1.165, 1.54) is 24.3 Å². The molecule has 2 amide bonds. The predicted molar refractivity (Wildman–Crippen MR) is 68.9 cm³/mol. The number of nitrogens with zero attached hydrogens (tertiary/aromatic N) is 1.